The first-order chi connectivity index (χ1) is 28.7. The summed E-state index contributed by atoms with van der Waals surface area (Å²) in [5.74, 6) is 0.462. The molecule has 0 saturated heterocycles. The number of unbranched alkanes of at least 4 members (excludes halogenated alkanes) is 3. The van der Waals surface area contributed by atoms with Crippen molar-refractivity contribution < 1.29 is 14.3 Å². The lowest BCUT2D eigenvalue weighted by molar-refractivity contribution is -0.116. The summed E-state index contributed by atoms with van der Waals surface area (Å²) >= 11 is 0. The van der Waals surface area contributed by atoms with Crippen LogP contribution < -0.4 is 25.8 Å². The average molecular weight is 791 g/mol. The van der Waals surface area contributed by atoms with Gasteiger partial charge in [0.05, 0.1) is 23.0 Å². The van der Waals surface area contributed by atoms with Crippen molar-refractivity contribution in [3.05, 3.63) is 149 Å². The highest BCUT2D eigenvalue weighted by Gasteiger charge is 2.29. The summed E-state index contributed by atoms with van der Waals surface area (Å²) in [6.07, 6.45) is 9.34. The van der Waals surface area contributed by atoms with Crippen LogP contribution in [-0.2, 0) is 9.59 Å². The third kappa shape index (κ3) is 10.5. The van der Waals surface area contributed by atoms with Crippen LogP contribution in [0, 0.1) is 6.92 Å². The molecule has 6 aromatic rings. The maximum atomic E-state index is 15.1. The van der Waals surface area contributed by atoms with E-state index in [1.165, 1.54) is 10.8 Å². The van der Waals surface area contributed by atoms with E-state index in [1.807, 2.05) is 92.6 Å². The zero-order valence-corrected chi connectivity index (χ0v) is 34.2. The SMILES string of the molecule is CCCCCCC(c1ncccn1)n1c(C(=Nc2ccc(N(C)C)cc2C)C(=O)Nc2cc(NC(=O)CC)ccc2Oc2ccccc2)ncc(-c2ccccc2)c1=O. The number of benzene rings is 4. The molecule has 0 aliphatic rings. The molecule has 0 aliphatic heterocycles. The van der Waals surface area contributed by atoms with Crippen LogP contribution in [0.15, 0.2) is 132 Å². The number of nitrogens with one attached hydrogen (secondary N) is 2. The van der Waals surface area contributed by atoms with Gasteiger partial charge in [0.2, 0.25) is 5.91 Å². The Morgan fingerprint density at radius 3 is 2.24 bits per heavy atom. The molecule has 2 N–H and O–H groups in total. The molecule has 1 unspecified atom stereocenters. The topological polar surface area (TPSA) is 144 Å². The van der Waals surface area contributed by atoms with Crippen molar-refractivity contribution in [1.82, 2.24) is 19.5 Å². The molecule has 0 bridgehead atoms. The van der Waals surface area contributed by atoms with Crippen LogP contribution in [0.4, 0.5) is 22.7 Å². The van der Waals surface area contributed by atoms with Crippen molar-refractivity contribution in [2.24, 2.45) is 4.99 Å². The van der Waals surface area contributed by atoms with Gasteiger partial charge < -0.3 is 20.3 Å². The maximum Gasteiger partial charge on any atom is 0.278 e. The van der Waals surface area contributed by atoms with Crippen LogP contribution in [0.2, 0.25) is 0 Å². The second-order valence-corrected chi connectivity index (χ2v) is 14.3. The van der Waals surface area contributed by atoms with Crippen LogP contribution in [0.5, 0.6) is 11.5 Å². The lowest BCUT2D eigenvalue weighted by Gasteiger charge is -2.23. The number of carbonyl (C=O) groups excluding carboxylic acids is 2. The summed E-state index contributed by atoms with van der Waals surface area (Å²) in [4.78, 5) is 63.8. The van der Waals surface area contributed by atoms with E-state index < -0.39 is 11.9 Å². The van der Waals surface area contributed by atoms with Crippen LogP contribution in [0.3, 0.4) is 0 Å². The number of anilines is 3. The van der Waals surface area contributed by atoms with Crippen LogP contribution in [-0.4, -0.2) is 51.1 Å². The highest BCUT2D eigenvalue weighted by Crippen LogP contribution is 2.34. The van der Waals surface area contributed by atoms with Gasteiger partial charge in [0, 0.05) is 50.5 Å². The zero-order valence-electron chi connectivity index (χ0n) is 34.2. The van der Waals surface area contributed by atoms with Crippen molar-refractivity contribution in [3.8, 4) is 22.6 Å². The van der Waals surface area contributed by atoms with E-state index in [4.69, 9.17) is 14.7 Å². The number of nitrogens with zero attached hydrogens (tertiary/aromatic N) is 6. The van der Waals surface area contributed by atoms with Gasteiger partial charge >= 0.3 is 0 Å². The first-order valence-corrected chi connectivity index (χ1v) is 20.0. The summed E-state index contributed by atoms with van der Waals surface area (Å²) in [5.41, 5.74) is 3.52. The number of para-hydroxylation sites is 1. The summed E-state index contributed by atoms with van der Waals surface area (Å²) in [6.45, 7) is 5.82. The normalized spacial score (nSPS) is 11.8. The van der Waals surface area contributed by atoms with Gasteiger partial charge in [-0.1, -0.05) is 88.1 Å². The molecule has 1 atom stereocenters. The lowest BCUT2D eigenvalue weighted by atomic mass is 10.0. The van der Waals surface area contributed by atoms with Crippen molar-refractivity contribution in [2.45, 2.75) is 65.3 Å². The van der Waals surface area contributed by atoms with Gasteiger partial charge in [-0.05, 0) is 79.1 Å². The van der Waals surface area contributed by atoms with Crippen molar-refractivity contribution in [3.63, 3.8) is 0 Å². The number of hydrogen-bond donors (Lipinski definition) is 2. The quantitative estimate of drug-likeness (QED) is 0.0687. The zero-order chi connectivity index (χ0) is 41.7. The van der Waals surface area contributed by atoms with Gasteiger partial charge in [-0.15, -0.1) is 0 Å². The highest BCUT2D eigenvalue weighted by atomic mass is 16.5. The van der Waals surface area contributed by atoms with E-state index in [9.17, 15) is 4.79 Å². The van der Waals surface area contributed by atoms with Crippen molar-refractivity contribution in [2.75, 3.05) is 29.6 Å². The monoisotopic (exact) mass is 790 g/mol. The Kier molecular flexibility index (Phi) is 14.1. The Balaban J connectivity index is 1.58. The molecule has 0 fully saturated rings. The summed E-state index contributed by atoms with van der Waals surface area (Å²) in [5, 5.41) is 5.89. The number of hydrogen-bond acceptors (Lipinski definition) is 9. The Labute approximate surface area is 345 Å². The predicted molar refractivity (Wildman–Crippen MR) is 235 cm³/mol. The Hall–Kier alpha value is -6.95. The van der Waals surface area contributed by atoms with Gasteiger partial charge in [-0.2, -0.15) is 0 Å². The largest absolute Gasteiger partial charge is 0.455 e. The van der Waals surface area contributed by atoms with E-state index in [1.54, 1.807) is 55.7 Å². The van der Waals surface area contributed by atoms with E-state index in [0.29, 0.717) is 46.2 Å². The van der Waals surface area contributed by atoms with E-state index in [-0.39, 0.29) is 35.1 Å². The molecule has 12 heteroatoms. The molecule has 0 aliphatic carbocycles. The minimum atomic E-state index is -0.688. The third-order valence-corrected chi connectivity index (χ3v) is 9.76. The van der Waals surface area contributed by atoms with Gasteiger partial charge in [-0.25, -0.2) is 19.9 Å². The molecule has 302 valence electrons. The van der Waals surface area contributed by atoms with Crippen molar-refractivity contribution >= 4 is 40.3 Å². The van der Waals surface area contributed by atoms with Crippen LogP contribution >= 0.6 is 0 Å². The third-order valence-electron chi connectivity index (χ3n) is 9.76. The minimum Gasteiger partial charge on any atom is -0.455 e. The second-order valence-electron chi connectivity index (χ2n) is 14.3. The summed E-state index contributed by atoms with van der Waals surface area (Å²) in [6, 6.07) is 30.3. The van der Waals surface area contributed by atoms with Crippen LogP contribution in [0.1, 0.15) is 75.6 Å². The van der Waals surface area contributed by atoms with E-state index in [2.05, 4.69) is 27.5 Å². The number of amides is 2. The molecular weight excluding hydrogens is 741 g/mol. The molecule has 0 spiro atoms. The number of rotatable bonds is 17. The first-order valence-electron chi connectivity index (χ1n) is 20.0. The number of aliphatic imine (C=N–C) groups is 1. The minimum absolute atomic E-state index is 0.0391. The smallest absolute Gasteiger partial charge is 0.278 e. The molecule has 4 aromatic carbocycles. The molecule has 2 heterocycles. The molecule has 12 nitrogen and oxygen atoms in total. The summed E-state index contributed by atoms with van der Waals surface area (Å²) < 4.78 is 7.80. The molecule has 59 heavy (non-hydrogen) atoms. The first kappa shape index (κ1) is 41.7. The maximum absolute atomic E-state index is 15.1. The fourth-order valence-electron chi connectivity index (χ4n) is 6.58. The molecule has 2 amide bonds. The molecule has 0 saturated carbocycles. The Bertz CT molecular complexity index is 2450. The number of carbonyl (C=O) groups is 2. The molecule has 6 rings (SSSR count). The highest BCUT2D eigenvalue weighted by molar-refractivity contribution is 6.48. The average Bonchev–Trinajstić information content (AvgIpc) is 3.25. The van der Waals surface area contributed by atoms with Gasteiger partial charge in [0.25, 0.3) is 11.5 Å². The number of ether oxygens (including phenoxy) is 1. The summed E-state index contributed by atoms with van der Waals surface area (Å²) in [7, 11) is 3.90. The molecule has 0 radical (unpaired) electrons. The van der Waals surface area contributed by atoms with E-state index >= 15 is 9.59 Å². The van der Waals surface area contributed by atoms with E-state index in [0.717, 1.165) is 36.9 Å². The predicted octanol–water partition coefficient (Wildman–Crippen LogP) is 9.53. The lowest BCUT2D eigenvalue weighted by Crippen LogP contribution is -2.37. The number of aryl methyl sites for hydroxylation is 1. The van der Waals surface area contributed by atoms with Gasteiger partial charge in [0.1, 0.15) is 5.75 Å². The number of aromatic nitrogens is 4. The van der Waals surface area contributed by atoms with Crippen molar-refractivity contribution in [1.29, 1.82) is 0 Å². The van der Waals surface area contributed by atoms with Gasteiger partial charge in [0.15, 0.2) is 23.1 Å². The van der Waals surface area contributed by atoms with Crippen LogP contribution in [0.25, 0.3) is 11.1 Å². The fraction of sp³-hybridized carbons (Fsp3) is 0.255. The standard InChI is InChI=1S/C47H50N8O4/c1-6-8-9-16-22-40(44-48-27-17-28-49-44)55-45(50-31-37(47(55)58)33-18-12-10-13-19-33)43(52-38-25-24-35(54(4)5)29-32(38)3)46(57)53-39-30-34(51-42(56)7-2)23-26-41(39)59-36-20-14-11-15-21-36/h10-15,17-21,23-31,40H,6-9,16,22H2,1-5H3,(H,51,56)(H,53,57). The Morgan fingerprint density at radius 1 is 0.831 bits per heavy atom. The fourth-order valence-corrected chi connectivity index (χ4v) is 6.58. The molecular formula is C47H50N8O4. The Morgan fingerprint density at radius 2 is 1.56 bits per heavy atom. The van der Waals surface area contributed by atoms with Gasteiger partial charge in [-0.3, -0.25) is 19.0 Å². The second kappa shape index (κ2) is 20.0. The molecule has 2 aromatic heterocycles.